The van der Waals surface area contributed by atoms with Crippen molar-refractivity contribution in [2.24, 2.45) is 0 Å². The van der Waals surface area contributed by atoms with E-state index in [1.165, 1.54) is 0 Å². The molecule has 0 bridgehead atoms. The van der Waals surface area contributed by atoms with Crippen LogP contribution in [0.4, 0.5) is 0 Å². The molecular formula is C11H12ClN3O. The molecule has 2 aromatic heterocycles. The van der Waals surface area contributed by atoms with Crippen molar-refractivity contribution >= 4 is 17.2 Å². The van der Waals surface area contributed by atoms with Crippen LogP contribution in [-0.4, -0.2) is 27.8 Å². The van der Waals surface area contributed by atoms with Crippen LogP contribution in [-0.2, 0) is 4.74 Å². The van der Waals surface area contributed by atoms with Gasteiger partial charge in [0, 0.05) is 18.7 Å². The van der Waals surface area contributed by atoms with Crippen molar-refractivity contribution < 1.29 is 4.74 Å². The smallest absolute Gasteiger partial charge is 0.160 e. The van der Waals surface area contributed by atoms with E-state index in [4.69, 9.17) is 16.3 Å². The fourth-order valence-electron chi connectivity index (χ4n) is 2.11. The Bertz CT molecular complexity index is 505. The fourth-order valence-corrected chi connectivity index (χ4v) is 2.27. The van der Waals surface area contributed by atoms with Crippen LogP contribution in [0.15, 0.2) is 18.3 Å². The predicted octanol–water partition coefficient (Wildman–Crippen LogP) is 2.28. The van der Waals surface area contributed by atoms with E-state index in [1.807, 2.05) is 22.7 Å². The highest BCUT2D eigenvalue weighted by atomic mass is 35.5. The molecule has 1 fully saturated rings. The van der Waals surface area contributed by atoms with Crippen LogP contribution in [0.5, 0.6) is 0 Å². The first-order chi connectivity index (χ1) is 7.84. The largest absolute Gasteiger partial charge is 0.381 e. The quantitative estimate of drug-likeness (QED) is 0.764. The molecule has 1 aliphatic rings. The van der Waals surface area contributed by atoms with Crippen LogP contribution in [0.3, 0.4) is 0 Å². The van der Waals surface area contributed by atoms with Crippen LogP contribution >= 0.6 is 11.6 Å². The molecule has 0 saturated carbocycles. The molecule has 5 heteroatoms. The maximum atomic E-state index is 5.98. The highest BCUT2D eigenvalue weighted by Gasteiger charge is 2.21. The van der Waals surface area contributed by atoms with Crippen molar-refractivity contribution in [1.29, 1.82) is 0 Å². The number of rotatable bonds is 1. The van der Waals surface area contributed by atoms with E-state index in [2.05, 4.69) is 10.2 Å². The number of fused-ring (bicyclic) bond motifs is 1. The molecule has 1 aliphatic heterocycles. The second kappa shape index (κ2) is 4.03. The second-order valence-corrected chi connectivity index (χ2v) is 4.48. The number of nitrogens with zero attached hydrogens (tertiary/aromatic N) is 3. The maximum Gasteiger partial charge on any atom is 0.160 e. The number of pyridine rings is 1. The van der Waals surface area contributed by atoms with Gasteiger partial charge >= 0.3 is 0 Å². The molecule has 0 aromatic carbocycles. The topological polar surface area (TPSA) is 39.4 Å². The zero-order valence-electron chi connectivity index (χ0n) is 8.77. The van der Waals surface area contributed by atoms with Crippen LogP contribution in [0.2, 0.25) is 5.02 Å². The molecule has 1 unspecified atom stereocenters. The molecule has 1 saturated heterocycles. The molecule has 84 valence electrons. The monoisotopic (exact) mass is 237 g/mol. The summed E-state index contributed by atoms with van der Waals surface area (Å²) in [4.78, 5) is 0. The van der Waals surface area contributed by atoms with Gasteiger partial charge in [0.25, 0.3) is 0 Å². The van der Waals surface area contributed by atoms with Gasteiger partial charge in [0.05, 0.1) is 11.6 Å². The van der Waals surface area contributed by atoms with Gasteiger partial charge < -0.3 is 4.74 Å². The van der Waals surface area contributed by atoms with Crippen LogP contribution in [0.1, 0.15) is 24.6 Å². The minimum atomic E-state index is 0.335. The Labute approximate surface area is 98.2 Å². The molecule has 0 spiro atoms. The summed E-state index contributed by atoms with van der Waals surface area (Å²) in [5.41, 5.74) is 0.838. The van der Waals surface area contributed by atoms with E-state index >= 15 is 0 Å². The van der Waals surface area contributed by atoms with E-state index < -0.39 is 0 Å². The molecule has 2 aromatic rings. The summed E-state index contributed by atoms with van der Waals surface area (Å²) in [5.74, 6) is 1.29. The molecule has 3 rings (SSSR count). The number of aromatic nitrogens is 3. The normalized spacial score (nSPS) is 21.4. The Hall–Kier alpha value is -1.13. The first-order valence-electron chi connectivity index (χ1n) is 5.42. The van der Waals surface area contributed by atoms with Crippen LogP contribution in [0.25, 0.3) is 5.65 Å². The van der Waals surface area contributed by atoms with E-state index in [0.29, 0.717) is 10.9 Å². The van der Waals surface area contributed by atoms with Gasteiger partial charge in [-0.2, -0.15) is 0 Å². The number of ether oxygens (including phenoxy) is 1. The predicted molar refractivity (Wildman–Crippen MR) is 60.8 cm³/mol. The van der Waals surface area contributed by atoms with E-state index in [9.17, 15) is 0 Å². The van der Waals surface area contributed by atoms with Crippen molar-refractivity contribution in [3.05, 3.63) is 29.2 Å². The van der Waals surface area contributed by atoms with Crippen molar-refractivity contribution in [2.75, 3.05) is 13.2 Å². The van der Waals surface area contributed by atoms with Gasteiger partial charge in [-0.05, 0) is 25.0 Å². The van der Waals surface area contributed by atoms with Crippen molar-refractivity contribution in [3.63, 3.8) is 0 Å². The Morgan fingerprint density at radius 2 is 2.31 bits per heavy atom. The zero-order valence-corrected chi connectivity index (χ0v) is 9.52. The zero-order chi connectivity index (χ0) is 11.0. The Balaban J connectivity index is 2.05. The van der Waals surface area contributed by atoms with E-state index in [-0.39, 0.29) is 0 Å². The molecule has 0 amide bonds. The van der Waals surface area contributed by atoms with Crippen LogP contribution in [0, 0.1) is 0 Å². The van der Waals surface area contributed by atoms with Gasteiger partial charge in [0.1, 0.15) is 5.82 Å². The van der Waals surface area contributed by atoms with Gasteiger partial charge in [-0.1, -0.05) is 11.6 Å². The minimum Gasteiger partial charge on any atom is -0.381 e. The summed E-state index contributed by atoms with van der Waals surface area (Å²) >= 11 is 5.98. The Kier molecular flexibility index (Phi) is 2.53. The number of halogens is 1. The molecule has 3 heterocycles. The summed E-state index contributed by atoms with van der Waals surface area (Å²) in [6, 6.07) is 3.70. The lowest BCUT2D eigenvalue weighted by Crippen LogP contribution is -2.17. The summed E-state index contributed by atoms with van der Waals surface area (Å²) in [5, 5.41) is 9.07. The standard InChI is InChI=1S/C11H12ClN3O/c12-9-3-4-10-13-14-11(15(10)6-9)8-2-1-5-16-7-8/h3-4,6,8H,1-2,5,7H2. The van der Waals surface area contributed by atoms with E-state index in [1.54, 1.807) is 0 Å². The molecule has 16 heavy (non-hydrogen) atoms. The second-order valence-electron chi connectivity index (χ2n) is 4.05. The first-order valence-corrected chi connectivity index (χ1v) is 5.80. The van der Waals surface area contributed by atoms with E-state index in [0.717, 1.165) is 37.5 Å². The highest BCUT2D eigenvalue weighted by molar-refractivity contribution is 6.30. The summed E-state index contributed by atoms with van der Waals surface area (Å²) in [7, 11) is 0. The van der Waals surface area contributed by atoms with Gasteiger partial charge in [-0.25, -0.2) is 0 Å². The summed E-state index contributed by atoms with van der Waals surface area (Å²) in [6.07, 6.45) is 4.05. The van der Waals surface area contributed by atoms with Crippen molar-refractivity contribution in [3.8, 4) is 0 Å². The average molecular weight is 238 g/mol. The molecule has 0 aliphatic carbocycles. The summed E-state index contributed by atoms with van der Waals surface area (Å²) < 4.78 is 7.43. The molecular weight excluding hydrogens is 226 g/mol. The van der Waals surface area contributed by atoms with Crippen molar-refractivity contribution in [1.82, 2.24) is 14.6 Å². The minimum absolute atomic E-state index is 0.335. The average Bonchev–Trinajstić information content (AvgIpc) is 2.73. The molecule has 0 radical (unpaired) electrons. The fraction of sp³-hybridized carbons (Fsp3) is 0.455. The van der Waals surface area contributed by atoms with Crippen LogP contribution < -0.4 is 0 Å². The summed E-state index contributed by atoms with van der Waals surface area (Å²) in [6.45, 7) is 1.58. The molecule has 0 N–H and O–H groups in total. The lowest BCUT2D eigenvalue weighted by atomic mass is 10.0. The lowest BCUT2D eigenvalue weighted by molar-refractivity contribution is 0.0778. The first kappa shape index (κ1) is 10.1. The SMILES string of the molecule is Clc1ccc2nnc(C3CCCOC3)n2c1. The maximum absolute atomic E-state index is 5.98. The third kappa shape index (κ3) is 1.68. The third-order valence-electron chi connectivity index (χ3n) is 2.92. The van der Waals surface area contributed by atoms with Gasteiger partial charge in [0.2, 0.25) is 0 Å². The Morgan fingerprint density at radius 1 is 1.38 bits per heavy atom. The number of hydrogen-bond donors (Lipinski definition) is 0. The van der Waals surface area contributed by atoms with Gasteiger partial charge in [-0.3, -0.25) is 4.40 Å². The third-order valence-corrected chi connectivity index (χ3v) is 3.14. The lowest BCUT2D eigenvalue weighted by Gasteiger charge is -2.20. The van der Waals surface area contributed by atoms with Crippen molar-refractivity contribution in [2.45, 2.75) is 18.8 Å². The molecule has 1 atom stereocenters. The Morgan fingerprint density at radius 3 is 3.12 bits per heavy atom. The van der Waals surface area contributed by atoms with Gasteiger partial charge in [-0.15, -0.1) is 10.2 Å². The highest BCUT2D eigenvalue weighted by Crippen LogP contribution is 2.25. The number of hydrogen-bond acceptors (Lipinski definition) is 3. The molecule has 4 nitrogen and oxygen atoms in total. The van der Waals surface area contributed by atoms with Gasteiger partial charge in [0.15, 0.2) is 5.65 Å².